The van der Waals surface area contributed by atoms with Gasteiger partial charge in [0.1, 0.15) is 6.61 Å². The minimum atomic E-state index is -0.420. The Bertz CT molecular complexity index is 445. The molecule has 0 unspecified atom stereocenters. The highest BCUT2D eigenvalue weighted by Gasteiger charge is 2.08. The third kappa shape index (κ3) is 5.84. The fraction of sp³-hybridized carbons (Fsp3) is 0.467. The lowest BCUT2D eigenvalue weighted by atomic mass is 10.2. The molecule has 1 N–H and O–H groups in total. The zero-order valence-corrected chi connectivity index (χ0v) is 12.0. The maximum absolute atomic E-state index is 11.8. The Morgan fingerprint density at radius 1 is 1.20 bits per heavy atom. The van der Waals surface area contributed by atoms with Gasteiger partial charge >= 0.3 is 5.97 Å². The quantitative estimate of drug-likeness (QED) is 0.587. The van der Waals surface area contributed by atoms with Crippen LogP contribution < -0.4 is 5.32 Å². The standard InChI is InChI=1S/C15H21NO4/c1-3-6-14(17)16-13-8-5-7-12(11-13)15(18)20-10-9-19-4-2/h5,7-8,11H,3-4,6,9-10H2,1-2H3,(H,16,17). The van der Waals surface area contributed by atoms with E-state index in [4.69, 9.17) is 9.47 Å². The smallest absolute Gasteiger partial charge is 0.338 e. The van der Waals surface area contributed by atoms with E-state index in [-0.39, 0.29) is 12.5 Å². The summed E-state index contributed by atoms with van der Waals surface area (Å²) in [4.78, 5) is 23.3. The van der Waals surface area contributed by atoms with Crippen LogP contribution in [-0.4, -0.2) is 31.7 Å². The topological polar surface area (TPSA) is 64.6 Å². The number of hydrogen-bond acceptors (Lipinski definition) is 4. The average molecular weight is 279 g/mol. The maximum Gasteiger partial charge on any atom is 0.338 e. The summed E-state index contributed by atoms with van der Waals surface area (Å²) in [6.45, 7) is 5.01. The molecule has 1 amide bonds. The minimum absolute atomic E-state index is 0.0608. The molecule has 0 aliphatic heterocycles. The molecule has 0 aliphatic carbocycles. The number of anilines is 1. The molecular weight excluding hydrogens is 258 g/mol. The molecule has 5 heteroatoms. The fourth-order valence-corrected chi connectivity index (χ4v) is 1.60. The number of esters is 1. The van der Waals surface area contributed by atoms with Crippen LogP contribution in [-0.2, 0) is 14.3 Å². The summed E-state index contributed by atoms with van der Waals surface area (Å²) in [5, 5.41) is 2.74. The molecule has 20 heavy (non-hydrogen) atoms. The summed E-state index contributed by atoms with van der Waals surface area (Å²) in [5.74, 6) is -0.481. The van der Waals surface area contributed by atoms with Gasteiger partial charge in [0.25, 0.3) is 0 Å². The average Bonchev–Trinajstić information content (AvgIpc) is 2.44. The lowest BCUT2D eigenvalue weighted by Crippen LogP contribution is -2.13. The van der Waals surface area contributed by atoms with Crippen LogP contribution in [0.5, 0.6) is 0 Å². The number of carbonyl (C=O) groups excluding carboxylic acids is 2. The van der Waals surface area contributed by atoms with Gasteiger partial charge in [0.15, 0.2) is 0 Å². The van der Waals surface area contributed by atoms with E-state index >= 15 is 0 Å². The van der Waals surface area contributed by atoms with Crippen LogP contribution in [0.3, 0.4) is 0 Å². The first-order chi connectivity index (χ1) is 9.67. The first kappa shape index (κ1) is 16.2. The van der Waals surface area contributed by atoms with Crippen molar-refractivity contribution in [3.05, 3.63) is 29.8 Å². The van der Waals surface area contributed by atoms with Crippen LogP contribution >= 0.6 is 0 Å². The van der Waals surface area contributed by atoms with Gasteiger partial charge in [0, 0.05) is 18.7 Å². The van der Waals surface area contributed by atoms with Crippen molar-refractivity contribution in [2.75, 3.05) is 25.1 Å². The minimum Gasteiger partial charge on any atom is -0.460 e. The van der Waals surface area contributed by atoms with Crippen LogP contribution in [0.4, 0.5) is 5.69 Å². The summed E-state index contributed by atoms with van der Waals surface area (Å²) < 4.78 is 10.1. The van der Waals surface area contributed by atoms with Gasteiger partial charge in [0.2, 0.25) is 5.91 Å². The van der Waals surface area contributed by atoms with E-state index in [1.165, 1.54) is 0 Å². The second kappa shape index (κ2) is 9.09. The Labute approximate surface area is 119 Å². The monoisotopic (exact) mass is 279 g/mol. The van der Waals surface area contributed by atoms with Gasteiger partial charge in [-0.25, -0.2) is 4.79 Å². The van der Waals surface area contributed by atoms with Crippen LogP contribution in [0.25, 0.3) is 0 Å². The third-order valence-corrected chi connectivity index (χ3v) is 2.52. The molecule has 1 rings (SSSR count). The van der Waals surface area contributed by atoms with Crippen molar-refractivity contribution in [2.24, 2.45) is 0 Å². The molecule has 0 fully saturated rings. The first-order valence-corrected chi connectivity index (χ1v) is 6.82. The highest BCUT2D eigenvalue weighted by atomic mass is 16.6. The van der Waals surface area contributed by atoms with E-state index < -0.39 is 5.97 Å². The normalized spacial score (nSPS) is 10.1. The van der Waals surface area contributed by atoms with E-state index in [0.717, 1.165) is 6.42 Å². The van der Waals surface area contributed by atoms with E-state index in [1.807, 2.05) is 13.8 Å². The number of rotatable bonds is 8. The molecule has 1 aromatic carbocycles. The van der Waals surface area contributed by atoms with Crippen molar-refractivity contribution < 1.29 is 19.1 Å². The van der Waals surface area contributed by atoms with Crippen molar-refractivity contribution in [1.82, 2.24) is 0 Å². The Kier molecular flexibility index (Phi) is 7.35. The summed E-state index contributed by atoms with van der Waals surface area (Å²) in [6, 6.07) is 6.71. The van der Waals surface area contributed by atoms with Gasteiger partial charge in [-0.05, 0) is 31.5 Å². The van der Waals surface area contributed by atoms with E-state index in [2.05, 4.69) is 5.32 Å². The summed E-state index contributed by atoms with van der Waals surface area (Å²) in [7, 11) is 0. The van der Waals surface area contributed by atoms with Crippen molar-refractivity contribution in [2.45, 2.75) is 26.7 Å². The number of amides is 1. The largest absolute Gasteiger partial charge is 0.460 e. The highest BCUT2D eigenvalue weighted by molar-refractivity contribution is 5.94. The Hall–Kier alpha value is -1.88. The third-order valence-electron chi connectivity index (χ3n) is 2.52. The fourth-order valence-electron chi connectivity index (χ4n) is 1.60. The van der Waals surface area contributed by atoms with Crippen molar-refractivity contribution in [3.63, 3.8) is 0 Å². The molecule has 5 nitrogen and oxygen atoms in total. The maximum atomic E-state index is 11.8. The second-order valence-corrected chi connectivity index (χ2v) is 4.21. The molecule has 110 valence electrons. The molecule has 0 saturated carbocycles. The molecule has 0 aromatic heterocycles. The van der Waals surface area contributed by atoms with Gasteiger partial charge < -0.3 is 14.8 Å². The zero-order chi connectivity index (χ0) is 14.8. The lowest BCUT2D eigenvalue weighted by Gasteiger charge is -2.07. The van der Waals surface area contributed by atoms with E-state index in [0.29, 0.717) is 30.9 Å². The molecule has 1 aromatic rings. The zero-order valence-electron chi connectivity index (χ0n) is 12.0. The van der Waals surface area contributed by atoms with E-state index in [1.54, 1.807) is 24.3 Å². The Morgan fingerprint density at radius 3 is 2.70 bits per heavy atom. The predicted octanol–water partition coefficient (Wildman–Crippen LogP) is 2.62. The van der Waals surface area contributed by atoms with E-state index in [9.17, 15) is 9.59 Å². The molecule has 0 atom stereocenters. The SMILES string of the molecule is CCCC(=O)Nc1cccc(C(=O)OCCOCC)c1. The predicted molar refractivity (Wildman–Crippen MR) is 76.8 cm³/mol. The van der Waals surface area contributed by atoms with Gasteiger partial charge in [-0.3, -0.25) is 4.79 Å². The van der Waals surface area contributed by atoms with Gasteiger partial charge in [-0.15, -0.1) is 0 Å². The molecule has 0 spiro atoms. The van der Waals surface area contributed by atoms with Gasteiger partial charge in [0.05, 0.1) is 12.2 Å². The summed E-state index contributed by atoms with van der Waals surface area (Å²) in [5.41, 5.74) is 1.01. The van der Waals surface area contributed by atoms with Crippen LogP contribution in [0, 0.1) is 0 Å². The van der Waals surface area contributed by atoms with Crippen LogP contribution in [0.15, 0.2) is 24.3 Å². The molecule has 0 bridgehead atoms. The number of nitrogens with one attached hydrogen (secondary N) is 1. The number of benzene rings is 1. The van der Waals surface area contributed by atoms with Crippen molar-refractivity contribution in [1.29, 1.82) is 0 Å². The molecule has 0 aliphatic rings. The van der Waals surface area contributed by atoms with Gasteiger partial charge in [-0.1, -0.05) is 13.0 Å². The van der Waals surface area contributed by atoms with Gasteiger partial charge in [-0.2, -0.15) is 0 Å². The molecule has 0 heterocycles. The number of carbonyl (C=O) groups is 2. The highest BCUT2D eigenvalue weighted by Crippen LogP contribution is 2.12. The Balaban J connectivity index is 2.54. The molecule has 0 radical (unpaired) electrons. The molecule has 0 saturated heterocycles. The number of hydrogen-bond donors (Lipinski definition) is 1. The van der Waals surface area contributed by atoms with Crippen LogP contribution in [0.2, 0.25) is 0 Å². The second-order valence-electron chi connectivity index (χ2n) is 4.21. The number of ether oxygens (including phenoxy) is 2. The summed E-state index contributed by atoms with van der Waals surface area (Å²) >= 11 is 0. The first-order valence-electron chi connectivity index (χ1n) is 6.82. The lowest BCUT2D eigenvalue weighted by molar-refractivity contribution is -0.116. The van der Waals surface area contributed by atoms with Crippen molar-refractivity contribution in [3.8, 4) is 0 Å². The van der Waals surface area contributed by atoms with Crippen LogP contribution in [0.1, 0.15) is 37.0 Å². The van der Waals surface area contributed by atoms with Crippen molar-refractivity contribution >= 4 is 17.6 Å². The summed E-state index contributed by atoms with van der Waals surface area (Å²) in [6.07, 6.45) is 1.24. The molecular formula is C15H21NO4. The Morgan fingerprint density at radius 2 is 2.00 bits per heavy atom.